The second-order valence-corrected chi connectivity index (χ2v) is 14.9. The van der Waals surface area contributed by atoms with E-state index in [-0.39, 0.29) is 0 Å². The van der Waals surface area contributed by atoms with Gasteiger partial charge >= 0.3 is 94.1 Å². The zero-order valence-corrected chi connectivity index (χ0v) is 14.6. The molecule has 0 aromatic heterocycles. The second-order valence-electron chi connectivity index (χ2n) is 0.473. The Morgan fingerprint density at radius 1 is 1.00 bits per heavy atom. The van der Waals surface area contributed by atoms with Gasteiger partial charge in [0.15, 0.2) is 0 Å². The van der Waals surface area contributed by atoms with Gasteiger partial charge in [0.25, 0.3) is 0 Å². The van der Waals surface area contributed by atoms with Crippen LogP contribution in [0.2, 0.25) is 0 Å². The minimum absolute atomic E-state index is 0.811. The number of rotatable bonds is 4. The molecule has 0 bridgehead atoms. The fourth-order valence-corrected chi connectivity index (χ4v) is 13.3. The first-order valence-corrected chi connectivity index (χ1v) is 8.22. The molecule has 10 radical (unpaired) electrons. The average Bonchev–Trinajstić information content (AvgIpc) is 1.69. The summed E-state index contributed by atoms with van der Waals surface area (Å²) in [5.41, 5.74) is 0. The molecule has 7 heteroatoms. The van der Waals surface area contributed by atoms with Crippen LogP contribution in [0.3, 0.4) is 0 Å². The van der Waals surface area contributed by atoms with Crippen LogP contribution in [-0.2, 0) is 4.23 Å². The quantitative estimate of drug-likeness (QED) is 0.325. The van der Waals surface area contributed by atoms with Crippen LogP contribution in [0.4, 0.5) is 0 Å². The predicted molar refractivity (Wildman–Crippen MR) is 26.3 cm³/mol. The molecular formula is O3Sn4. The molecule has 0 N–H and O–H groups in total. The fourth-order valence-electron chi connectivity index (χ4n) is 0.0587. The Morgan fingerprint density at radius 3 is 1.71 bits per heavy atom. The molecule has 0 atom stereocenters. The molecule has 0 saturated heterocycles. The summed E-state index contributed by atoms with van der Waals surface area (Å²) < 4.78 is 14.8. The van der Waals surface area contributed by atoms with E-state index in [9.17, 15) is 0 Å². The Hall–Kier alpha value is 3.07. The summed E-state index contributed by atoms with van der Waals surface area (Å²) in [6, 6.07) is 0. The Bertz CT molecular complexity index is 26.1. The first-order chi connectivity index (χ1) is 3.41. The van der Waals surface area contributed by atoms with Crippen molar-refractivity contribution in [1.29, 1.82) is 0 Å². The van der Waals surface area contributed by atoms with E-state index < -0.39 is 43.9 Å². The molecule has 3 nitrogen and oxygen atoms in total. The molecule has 0 heterocycles. The van der Waals surface area contributed by atoms with E-state index in [1.807, 2.05) is 0 Å². The molecule has 0 aromatic carbocycles. The molecule has 0 aliphatic carbocycles. The van der Waals surface area contributed by atoms with E-state index in [4.69, 9.17) is 4.23 Å². The van der Waals surface area contributed by atoms with E-state index in [2.05, 4.69) is 0 Å². The van der Waals surface area contributed by atoms with Gasteiger partial charge in [0.05, 0.1) is 0 Å². The van der Waals surface area contributed by atoms with Crippen LogP contribution in [0.5, 0.6) is 0 Å². The fraction of sp³-hybridized carbons (Fsp3) is 0. The Kier molecular flexibility index (Phi) is 13.1. The SMILES string of the molecule is [Sn][O][Sn][O][Sn][O][Sn]. The Labute approximate surface area is 92.1 Å². The van der Waals surface area contributed by atoms with Gasteiger partial charge in [-0.3, -0.25) is 0 Å². The topological polar surface area (TPSA) is 27.7 Å². The van der Waals surface area contributed by atoms with Gasteiger partial charge in [-0.05, 0) is 0 Å². The van der Waals surface area contributed by atoms with Gasteiger partial charge in [-0.25, -0.2) is 0 Å². The van der Waals surface area contributed by atoms with Crippen LogP contribution in [0.15, 0.2) is 0 Å². The summed E-state index contributed by atoms with van der Waals surface area (Å²) in [7, 11) is 0. The number of hydrogen-bond acceptors (Lipinski definition) is 3. The summed E-state index contributed by atoms with van der Waals surface area (Å²) in [5, 5.41) is 0. The predicted octanol–water partition coefficient (Wildman–Crippen LogP) is -1.73. The summed E-state index contributed by atoms with van der Waals surface area (Å²) >= 11 is 0.639. The first kappa shape index (κ1) is 10.1. The van der Waals surface area contributed by atoms with Crippen molar-refractivity contribution in [3.8, 4) is 0 Å². The summed E-state index contributed by atoms with van der Waals surface area (Å²) in [6.45, 7) is 0. The minimum atomic E-state index is -0.811. The zero-order valence-electron chi connectivity index (χ0n) is 3.22. The van der Waals surface area contributed by atoms with E-state index in [1.165, 1.54) is 0 Å². The Balaban J connectivity index is 2.45. The zero-order chi connectivity index (χ0) is 5.54. The van der Waals surface area contributed by atoms with Crippen LogP contribution < -0.4 is 0 Å². The van der Waals surface area contributed by atoms with Gasteiger partial charge in [0.2, 0.25) is 0 Å². The Morgan fingerprint density at radius 2 is 1.43 bits per heavy atom. The third-order valence-corrected chi connectivity index (χ3v) is 7.50. The van der Waals surface area contributed by atoms with Crippen molar-refractivity contribution in [2.75, 3.05) is 0 Å². The molecule has 0 amide bonds. The van der Waals surface area contributed by atoms with Crippen LogP contribution in [-0.4, -0.2) is 89.8 Å². The average molecular weight is 523 g/mol. The van der Waals surface area contributed by atoms with Gasteiger partial charge in [0, 0.05) is 0 Å². The molecule has 34 valence electrons. The monoisotopic (exact) mass is 528 g/mol. The molecule has 0 aliphatic rings. The van der Waals surface area contributed by atoms with Gasteiger partial charge in [-0.1, -0.05) is 0 Å². The van der Waals surface area contributed by atoms with Crippen molar-refractivity contribution in [1.82, 2.24) is 0 Å². The van der Waals surface area contributed by atoms with Crippen molar-refractivity contribution in [3.05, 3.63) is 0 Å². The van der Waals surface area contributed by atoms with E-state index in [1.54, 1.807) is 0 Å². The molecule has 0 fully saturated rings. The molecule has 0 aliphatic heterocycles. The summed E-state index contributed by atoms with van der Waals surface area (Å²) in [5.74, 6) is 0. The first-order valence-electron chi connectivity index (χ1n) is 1.22. The van der Waals surface area contributed by atoms with Crippen LogP contribution in [0.1, 0.15) is 0 Å². The summed E-state index contributed by atoms with van der Waals surface area (Å²) in [4.78, 5) is 0. The molecule has 0 rings (SSSR count). The molecular weight excluding hydrogens is 523 g/mol. The van der Waals surface area contributed by atoms with E-state index in [0.717, 1.165) is 45.9 Å². The maximum absolute atomic E-state index is 5.07. The molecule has 0 saturated carbocycles. The van der Waals surface area contributed by atoms with Crippen molar-refractivity contribution < 1.29 is 4.23 Å². The van der Waals surface area contributed by atoms with E-state index >= 15 is 0 Å². The van der Waals surface area contributed by atoms with Gasteiger partial charge in [-0.2, -0.15) is 0 Å². The second kappa shape index (κ2) is 9.07. The van der Waals surface area contributed by atoms with E-state index in [0.29, 0.717) is 0 Å². The third-order valence-electron chi connectivity index (χ3n) is 0.167. The molecule has 7 heavy (non-hydrogen) atoms. The summed E-state index contributed by atoms with van der Waals surface area (Å²) in [6.07, 6.45) is 0. The molecule has 0 unspecified atom stereocenters. The van der Waals surface area contributed by atoms with Crippen LogP contribution >= 0.6 is 0 Å². The van der Waals surface area contributed by atoms with Crippen LogP contribution in [0, 0.1) is 0 Å². The van der Waals surface area contributed by atoms with Crippen LogP contribution in [0.25, 0.3) is 0 Å². The maximum atomic E-state index is 5.07. The van der Waals surface area contributed by atoms with Crippen molar-refractivity contribution in [2.45, 2.75) is 0 Å². The van der Waals surface area contributed by atoms with Crippen molar-refractivity contribution in [3.63, 3.8) is 0 Å². The standard InChI is InChI=1S/3O.4Sn. The van der Waals surface area contributed by atoms with Crippen molar-refractivity contribution in [2.24, 2.45) is 0 Å². The van der Waals surface area contributed by atoms with Gasteiger partial charge in [0.1, 0.15) is 0 Å². The normalized spacial score (nSPS) is 9.43. The molecule has 0 spiro atoms. The number of hydrogen-bond donors (Lipinski definition) is 0. The molecule has 0 aromatic rings. The van der Waals surface area contributed by atoms with Gasteiger partial charge < -0.3 is 0 Å². The third kappa shape index (κ3) is 9.07. The van der Waals surface area contributed by atoms with Crippen molar-refractivity contribution >= 4 is 89.8 Å². The van der Waals surface area contributed by atoms with Gasteiger partial charge in [-0.15, -0.1) is 0 Å².